The Labute approximate surface area is 281 Å². The fraction of sp³-hybridized carbons (Fsp3) is 0.158. The first-order valence-corrected chi connectivity index (χ1v) is 16.9. The number of para-hydroxylation sites is 1. The van der Waals surface area contributed by atoms with Crippen molar-refractivity contribution in [2.75, 3.05) is 12.0 Å². The molecule has 5 aromatic carbocycles. The summed E-state index contributed by atoms with van der Waals surface area (Å²) < 4.78 is 35.5. The molecule has 9 heteroatoms. The van der Waals surface area contributed by atoms with Gasteiger partial charge in [-0.05, 0) is 34.4 Å². The van der Waals surface area contributed by atoms with Crippen LogP contribution in [0, 0.1) is 5.82 Å². The molecule has 0 radical (unpaired) electrons. The van der Waals surface area contributed by atoms with Gasteiger partial charge in [0.15, 0.2) is 17.3 Å². The average molecular weight is 664 g/mol. The molecule has 0 aliphatic rings. The van der Waals surface area contributed by atoms with Crippen LogP contribution >= 0.6 is 11.6 Å². The van der Waals surface area contributed by atoms with Crippen LogP contribution in [0.5, 0.6) is 17.2 Å². The lowest BCUT2D eigenvalue weighted by Crippen LogP contribution is -2.18. The highest BCUT2D eigenvalue weighted by Gasteiger charge is 2.28. The van der Waals surface area contributed by atoms with Crippen molar-refractivity contribution in [1.29, 1.82) is 0 Å². The molecule has 1 aromatic heterocycles. The predicted octanol–water partition coefficient (Wildman–Crippen LogP) is 9.83. The largest absolute Gasteiger partial charge is 0.548 e. The molecule has 0 aliphatic carbocycles. The van der Waals surface area contributed by atoms with E-state index in [0.717, 1.165) is 5.56 Å². The first kappa shape index (κ1) is 32.0. The molecule has 0 saturated heterocycles. The van der Waals surface area contributed by atoms with Crippen LogP contribution in [0.1, 0.15) is 26.3 Å². The summed E-state index contributed by atoms with van der Waals surface area (Å²) in [5.41, 5.74) is 3.45. The molecule has 238 valence electrons. The molecular weight excluding hydrogens is 629 g/mol. The minimum absolute atomic E-state index is 0.0242. The standard InChI is InChI=1S/C38H35ClFN3O3Si/c1-38(2,3)47-46-33-22-30(36(40)34(35(33)39)26-16-10-6-11-17-26)43(27-18-12-7-13-19-27)37-28-20-31(44-4)32(21-29(28)41-24-42-37)45-23-25-14-8-5-9-15-25/h5-22,24H,23,47H2,1-4H3. The zero-order chi connectivity index (χ0) is 33.0. The summed E-state index contributed by atoms with van der Waals surface area (Å²) in [6.07, 6.45) is 1.47. The normalized spacial score (nSPS) is 11.6. The van der Waals surface area contributed by atoms with E-state index in [0.29, 0.717) is 51.8 Å². The summed E-state index contributed by atoms with van der Waals surface area (Å²) in [6, 6.07) is 34.0. The number of halogens is 2. The first-order valence-electron chi connectivity index (χ1n) is 15.3. The predicted molar refractivity (Wildman–Crippen MR) is 191 cm³/mol. The van der Waals surface area contributed by atoms with Crippen LogP contribution < -0.4 is 18.8 Å². The molecule has 0 bridgehead atoms. The molecule has 0 unspecified atom stereocenters. The number of fused-ring (bicyclic) bond motifs is 1. The van der Waals surface area contributed by atoms with Crippen LogP contribution in [0.25, 0.3) is 22.0 Å². The van der Waals surface area contributed by atoms with Crippen molar-refractivity contribution in [2.24, 2.45) is 0 Å². The Morgan fingerprint density at radius 3 is 2.13 bits per heavy atom. The van der Waals surface area contributed by atoms with Crippen molar-refractivity contribution in [3.8, 4) is 28.4 Å². The van der Waals surface area contributed by atoms with Crippen LogP contribution in [0.15, 0.2) is 116 Å². The van der Waals surface area contributed by atoms with Gasteiger partial charge in [0.1, 0.15) is 24.5 Å². The van der Waals surface area contributed by atoms with E-state index in [1.54, 1.807) is 18.1 Å². The molecule has 6 nitrogen and oxygen atoms in total. The van der Waals surface area contributed by atoms with Crippen LogP contribution in [0.2, 0.25) is 10.1 Å². The SMILES string of the molecule is COc1cc2c(N(c3ccccc3)c3cc(O[SiH2]C(C)(C)C)c(Cl)c(-c4ccccc4)c3F)ncnc2cc1OCc1ccccc1. The zero-order valence-corrected chi connectivity index (χ0v) is 28.9. The lowest BCUT2D eigenvalue weighted by atomic mass is 10.0. The van der Waals surface area contributed by atoms with Crippen molar-refractivity contribution >= 4 is 49.5 Å². The number of aromatic nitrogens is 2. The summed E-state index contributed by atoms with van der Waals surface area (Å²) in [5.74, 6) is 1.41. The molecular formula is C38H35ClFN3O3Si. The van der Waals surface area contributed by atoms with Gasteiger partial charge in [-0.25, -0.2) is 14.4 Å². The number of ether oxygens (including phenoxy) is 2. The van der Waals surface area contributed by atoms with Gasteiger partial charge >= 0.3 is 0 Å². The molecule has 6 aromatic rings. The Kier molecular flexibility index (Phi) is 9.42. The Morgan fingerprint density at radius 2 is 1.47 bits per heavy atom. The van der Waals surface area contributed by atoms with Crippen molar-refractivity contribution in [2.45, 2.75) is 32.4 Å². The maximum Gasteiger partial charge on any atom is 0.224 e. The minimum atomic E-state index is -1.10. The van der Waals surface area contributed by atoms with Gasteiger partial charge in [-0.1, -0.05) is 111 Å². The van der Waals surface area contributed by atoms with Crippen molar-refractivity contribution in [3.05, 3.63) is 132 Å². The van der Waals surface area contributed by atoms with Crippen LogP contribution in [-0.4, -0.2) is 26.8 Å². The number of benzene rings is 5. The van der Waals surface area contributed by atoms with Gasteiger partial charge in [0.2, 0.25) is 9.76 Å². The van der Waals surface area contributed by atoms with Gasteiger partial charge in [0.05, 0.1) is 23.3 Å². The quantitative estimate of drug-likeness (QED) is 0.136. The molecule has 47 heavy (non-hydrogen) atoms. The third-order valence-corrected chi connectivity index (χ3v) is 9.17. The van der Waals surface area contributed by atoms with E-state index < -0.39 is 15.6 Å². The van der Waals surface area contributed by atoms with Gasteiger partial charge in [0, 0.05) is 28.8 Å². The Balaban J connectivity index is 1.55. The van der Waals surface area contributed by atoms with E-state index in [1.807, 2.05) is 103 Å². The molecule has 6 rings (SSSR count). The highest BCUT2D eigenvalue weighted by Crippen LogP contribution is 2.48. The number of hydrogen-bond acceptors (Lipinski definition) is 6. The van der Waals surface area contributed by atoms with Gasteiger partial charge in [-0.15, -0.1) is 0 Å². The molecule has 0 aliphatic heterocycles. The van der Waals surface area contributed by atoms with E-state index in [9.17, 15) is 0 Å². The summed E-state index contributed by atoms with van der Waals surface area (Å²) in [7, 11) is 0.489. The fourth-order valence-corrected chi connectivity index (χ4v) is 6.42. The van der Waals surface area contributed by atoms with E-state index in [-0.39, 0.29) is 21.3 Å². The molecule has 0 spiro atoms. The van der Waals surface area contributed by atoms with Gasteiger partial charge < -0.3 is 13.9 Å². The second kappa shape index (κ2) is 13.8. The smallest absolute Gasteiger partial charge is 0.224 e. The summed E-state index contributed by atoms with van der Waals surface area (Å²) >= 11 is 6.95. The van der Waals surface area contributed by atoms with Crippen molar-refractivity contribution < 1.29 is 18.3 Å². The molecule has 0 fully saturated rings. The van der Waals surface area contributed by atoms with Gasteiger partial charge in [0.25, 0.3) is 0 Å². The second-order valence-corrected chi connectivity index (χ2v) is 15.4. The number of methoxy groups -OCH3 is 1. The summed E-state index contributed by atoms with van der Waals surface area (Å²) in [6.45, 7) is 6.74. The average Bonchev–Trinajstić information content (AvgIpc) is 3.08. The molecule has 0 saturated carbocycles. The fourth-order valence-electron chi connectivity index (χ4n) is 5.21. The second-order valence-electron chi connectivity index (χ2n) is 12.3. The number of anilines is 3. The van der Waals surface area contributed by atoms with E-state index in [2.05, 4.69) is 25.8 Å². The minimum Gasteiger partial charge on any atom is -0.548 e. The number of nitrogens with zero attached hydrogens (tertiary/aromatic N) is 3. The van der Waals surface area contributed by atoms with Crippen molar-refractivity contribution in [3.63, 3.8) is 0 Å². The number of rotatable bonds is 10. The molecule has 0 amide bonds. The summed E-state index contributed by atoms with van der Waals surface area (Å²) in [4.78, 5) is 11.1. The Hall–Kier alpha value is -4.92. The number of hydrogen-bond donors (Lipinski definition) is 0. The molecule has 0 atom stereocenters. The topological polar surface area (TPSA) is 56.7 Å². The Morgan fingerprint density at radius 1 is 0.809 bits per heavy atom. The highest BCUT2D eigenvalue weighted by atomic mass is 35.5. The first-order chi connectivity index (χ1) is 22.7. The van der Waals surface area contributed by atoms with Crippen LogP contribution in [0.4, 0.5) is 21.6 Å². The maximum atomic E-state index is 17.1. The molecule has 1 heterocycles. The highest BCUT2D eigenvalue weighted by molar-refractivity contribution is 6.37. The van der Waals surface area contributed by atoms with E-state index >= 15 is 4.39 Å². The monoisotopic (exact) mass is 663 g/mol. The third-order valence-electron chi connectivity index (χ3n) is 7.48. The van der Waals surface area contributed by atoms with E-state index in [4.69, 9.17) is 30.5 Å². The third kappa shape index (κ3) is 7.09. The van der Waals surface area contributed by atoms with Crippen molar-refractivity contribution in [1.82, 2.24) is 9.97 Å². The van der Waals surface area contributed by atoms with Crippen LogP contribution in [0.3, 0.4) is 0 Å². The lowest BCUT2D eigenvalue weighted by Gasteiger charge is -2.28. The molecule has 0 N–H and O–H groups in total. The maximum absolute atomic E-state index is 17.1. The van der Waals surface area contributed by atoms with Gasteiger partial charge in [-0.3, -0.25) is 4.90 Å². The summed E-state index contributed by atoms with van der Waals surface area (Å²) in [5, 5.41) is 0.850. The zero-order valence-electron chi connectivity index (χ0n) is 26.7. The van der Waals surface area contributed by atoms with Gasteiger partial charge in [-0.2, -0.15) is 0 Å². The van der Waals surface area contributed by atoms with Crippen LogP contribution in [-0.2, 0) is 6.61 Å². The Bertz CT molecular complexity index is 1990. The van der Waals surface area contributed by atoms with E-state index in [1.165, 1.54) is 6.33 Å². The lowest BCUT2D eigenvalue weighted by molar-refractivity contribution is 0.285.